The van der Waals surface area contributed by atoms with Gasteiger partial charge >= 0.3 is 0 Å². The van der Waals surface area contributed by atoms with Gasteiger partial charge < -0.3 is 0 Å². The molecule has 0 bridgehead atoms. The van der Waals surface area contributed by atoms with E-state index in [4.69, 9.17) is 13.1 Å². The molecule has 0 saturated carbocycles. The third-order valence-corrected chi connectivity index (χ3v) is 5.72. The third-order valence-electron chi connectivity index (χ3n) is 5.72. The monoisotopic (exact) mass is 404 g/mol. The summed E-state index contributed by atoms with van der Waals surface area (Å²) in [7, 11) is 0. The normalized spacial score (nSPS) is 14.9. The molecule has 0 radical (unpaired) electrons. The van der Waals surface area contributed by atoms with Crippen LogP contribution >= 0.6 is 0 Å². The molecule has 4 heteroatoms. The minimum Gasteiger partial charge on any atom is -0.238 e. The van der Waals surface area contributed by atoms with E-state index >= 15 is 0 Å². The van der Waals surface area contributed by atoms with Crippen molar-refractivity contribution in [2.24, 2.45) is 0 Å². The van der Waals surface area contributed by atoms with Crippen LogP contribution in [-0.2, 0) is 0 Å². The number of hydrogen-bond acceptors (Lipinski definition) is 2. The van der Waals surface area contributed by atoms with Gasteiger partial charge in [-0.25, -0.2) is 9.69 Å². The molecule has 0 unspecified atom stereocenters. The second-order valence-corrected chi connectivity index (χ2v) is 7.43. The van der Waals surface area contributed by atoms with Gasteiger partial charge in [0.1, 0.15) is 0 Å². The molecule has 4 nitrogen and oxygen atoms in total. The molecule has 4 aromatic carbocycles. The van der Waals surface area contributed by atoms with Crippen LogP contribution in [0.15, 0.2) is 72.8 Å². The molecule has 0 heterocycles. The van der Waals surface area contributed by atoms with Crippen LogP contribution in [0.2, 0.25) is 0 Å². The molecule has 32 heavy (non-hydrogen) atoms. The van der Waals surface area contributed by atoms with E-state index in [9.17, 15) is 10.5 Å². The Morgan fingerprint density at radius 3 is 1.16 bits per heavy atom. The van der Waals surface area contributed by atoms with Crippen LogP contribution < -0.4 is 0 Å². The van der Waals surface area contributed by atoms with Crippen molar-refractivity contribution in [3.8, 4) is 12.1 Å². The SMILES string of the molecule is [C-]#[N+]c1ccc2/c(c1)=c1/ccc([N+]#[C-])c/c1=c1\ccc(C#N)c\c1=c1/ccc(C#N)c/c1=2. The number of hydrogen-bond donors (Lipinski definition) is 0. The highest BCUT2D eigenvalue weighted by Crippen LogP contribution is 2.21. The van der Waals surface area contributed by atoms with Crippen LogP contribution in [0.25, 0.3) is 9.69 Å². The topological polar surface area (TPSA) is 56.3 Å². The summed E-state index contributed by atoms with van der Waals surface area (Å²) in [6.07, 6.45) is 0. The maximum Gasteiger partial charge on any atom is 0.187 e. The first-order valence-corrected chi connectivity index (χ1v) is 9.79. The summed E-state index contributed by atoms with van der Waals surface area (Å²) >= 11 is 0. The van der Waals surface area contributed by atoms with Gasteiger partial charge in [-0.15, -0.1) is 0 Å². The molecule has 0 saturated heterocycles. The average Bonchev–Trinajstić information content (AvgIpc) is 2.86. The zero-order valence-electron chi connectivity index (χ0n) is 16.7. The van der Waals surface area contributed by atoms with Gasteiger partial charge in [0.2, 0.25) is 0 Å². The van der Waals surface area contributed by atoms with Crippen LogP contribution in [-0.4, -0.2) is 0 Å². The molecule has 0 spiro atoms. The number of nitriles is 2. The standard InChI is InChI=1S/C28H12N4/c1-31-19-5-9-23-26-12-17(15-29)3-7-21(26)25-11-18(16-30)4-8-22(25)27-13-20(32-2)6-10-24(27)28(23)14-19/h3-14H/b25-21-,26-23-,27-22-,28-24-. The van der Waals surface area contributed by atoms with Gasteiger partial charge in [-0.1, -0.05) is 36.4 Å². The predicted molar refractivity (Wildman–Crippen MR) is 118 cm³/mol. The van der Waals surface area contributed by atoms with Crippen molar-refractivity contribution in [2.45, 2.75) is 0 Å². The zero-order valence-corrected chi connectivity index (χ0v) is 16.7. The zero-order chi connectivity index (χ0) is 22.2. The van der Waals surface area contributed by atoms with E-state index in [0.29, 0.717) is 22.5 Å². The van der Waals surface area contributed by atoms with Gasteiger partial charge in [-0.05, 0) is 78.1 Å². The quantitative estimate of drug-likeness (QED) is 0.298. The summed E-state index contributed by atoms with van der Waals surface area (Å²) in [5.74, 6) is 0. The van der Waals surface area contributed by atoms with Crippen molar-refractivity contribution < 1.29 is 0 Å². The second-order valence-electron chi connectivity index (χ2n) is 7.43. The Morgan fingerprint density at radius 1 is 0.469 bits per heavy atom. The van der Waals surface area contributed by atoms with E-state index in [2.05, 4.69) is 21.8 Å². The average molecular weight is 404 g/mol. The van der Waals surface area contributed by atoms with E-state index < -0.39 is 0 Å². The largest absolute Gasteiger partial charge is 0.238 e. The Balaban J connectivity index is 2.38. The lowest BCUT2D eigenvalue weighted by molar-refractivity contribution is 1.28. The highest BCUT2D eigenvalue weighted by molar-refractivity contribution is 5.49. The summed E-state index contributed by atoms with van der Waals surface area (Å²) in [5, 5.41) is 26.1. The minimum atomic E-state index is 0.516. The van der Waals surface area contributed by atoms with Crippen LogP contribution in [0.5, 0.6) is 0 Å². The molecule has 0 N–H and O–H groups in total. The van der Waals surface area contributed by atoms with Crippen LogP contribution in [0.1, 0.15) is 11.1 Å². The van der Waals surface area contributed by atoms with Crippen molar-refractivity contribution in [2.75, 3.05) is 0 Å². The summed E-state index contributed by atoms with van der Waals surface area (Å²) in [6.45, 7) is 15.0. The number of nitrogens with zero attached hydrogens (tertiary/aromatic N) is 4. The second kappa shape index (κ2) is 7.27. The Morgan fingerprint density at radius 2 is 0.812 bits per heavy atom. The summed E-state index contributed by atoms with van der Waals surface area (Å²) < 4.78 is 0. The first-order chi connectivity index (χ1) is 15.7. The molecule has 5 rings (SSSR count). The van der Waals surface area contributed by atoms with E-state index in [-0.39, 0.29) is 0 Å². The van der Waals surface area contributed by atoms with Gasteiger partial charge in [0.15, 0.2) is 11.4 Å². The Labute approximate surface area is 182 Å². The first kappa shape index (κ1) is 18.8. The van der Waals surface area contributed by atoms with E-state index in [0.717, 1.165) is 41.7 Å². The molecule has 0 amide bonds. The Kier molecular flexibility index (Phi) is 4.28. The number of benzene rings is 4. The van der Waals surface area contributed by atoms with E-state index in [1.165, 1.54) is 0 Å². The highest BCUT2D eigenvalue weighted by Gasteiger charge is 2.05. The highest BCUT2D eigenvalue weighted by atomic mass is 14.6. The smallest absolute Gasteiger partial charge is 0.187 e. The predicted octanol–water partition coefficient (Wildman–Crippen LogP) is 5.99. The Bertz CT molecular complexity index is 1680. The lowest BCUT2D eigenvalue weighted by Crippen LogP contribution is -1.91. The number of fused-ring (bicyclic) bond motifs is 4. The summed E-state index contributed by atoms with van der Waals surface area (Å²) in [4.78, 5) is 7.22. The van der Waals surface area contributed by atoms with Crippen LogP contribution in [0.3, 0.4) is 0 Å². The summed E-state index contributed by atoms with van der Waals surface area (Å²) in [5.41, 5.74) is 2.10. The maximum absolute atomic E-state index is 9.53. The summed E-state index contributed by atoms with van der Waals surface area (Å²) in [6, 6.07) is 26.6. The van der Waals surface area contributed by atoms with Crippen molar-refractivity contribution in [1.29, 1.82) is 10.5 Å². The van der Waals surface area contributed by atoms with Crippen LogP contribution in [0.4, 0.5) is 11.4 Å². The van der Waals surface area contributed by atoms with Crippen molar-refractivity contribution in [1.82, 2.24) is 0 Å². The molecular formula is C28H12N4. The van der Waals surface area contributed by atoms with Gasteiger partial charge in [0.05, 0.1) is 36.4 Å². The molecule has 4 aromatic rings. The number of rotatable bonds is 0. The molecule has 1 aliphatic rings. The fourth-order valence-electron chi connectivity index (χ4n) is 4.26. The molecule has 0 atom stereocenters. The molecule has 1 aliphatic carbocycles. The third kappa shape index (κ3) is 2.81. The van der Waals surface area contributed by atoms with Gasteiger partial charge in [0.25, 0.3) is 0 Å². The van der Waals surface area contributed by atoms with Crippen molar-refractivity contribution in [3.05, 3.63) is 149 Å². The Hall–Kier alpha value is -5.16. The van der Waals surface area contributed by atoms with Gasteiger partial charge in [-0.3, -0.25) is 0 Å². The van der Waals surface area contributed by atoms with E-state index in [1.807, 2.05) is 48.5 Å². The van der Waals surface area contributed by atoms with Crippen LogP contribution in [0, 0.1) is 77.6 Å². The molecule has 0 fully saturated rings. The molecule has 0 aromatic heterocycles. The lowest BCUT2D eigenvalue weighted by atomic mass is 9.99. The lowest BCUT2D eigenvalue weighted by Gasteiger charge is -2.04. The first-order valence-electron chi connectivity index (χ1n) is 9.79. The van der Waals surface area contributed by atoms with E-state index in [1.54, 1.807) is 24.3 Å². The fraction of sp³-hybridized carbons (Fsp3) is 0. The van der Waals surface area contributed by atoms with Crippen molar-refractivity contribution in [3.63, 3.8) is 0 Å². The molecule has 144 valence electrons. The van der Waals surface area contributed by atoms with Crippen molar-refractivity contribution >= 4 is 11.4 Å². The molecular weight excluding hydrogens is 392 g/mol. The fourth-order valence-corrected chi connectivity index (χ4v) is 4.26. The molecule has 0 aliphatic heterocycles. The maximum atomic E-state index is 9.53. The van der Waals surface area contributed by atoms with Gasteiger partial charge in [-0.2, -0.15) is 10.5 Å². The van der Waals surface area contributed by atoms with Gasteiger partial charge in [0, 0.05) is 0 Å². The minimum absolute atomic E-state index is 0.516.